The second-order valence-electron chi connectivity index (χ2n) is 5.37. The van der Waals surface area contributed by atoms with E-state index in [1.54, 1.807) is 49.4 Å². The maximum Gasteiger partial charge on any atom is 0.374 e. The van der Waals surface area contributed by atoms with E-state index in [9.17, 15) is 14.7 Å². The van der Waals surface area contributed by atoms with Gasteiger partial charge in [-0.1, -0.05) is 22.0 Å². The molecule has 0 aliphatic heterocycles. The van der Waals surface area contributed by atoms with Gasteiger partial charge in [0, 0.05) is 16.7 Å². The fourth-order valence-corrected chi connectivity index (χ4v) is 2.57. The average molecular weight is 431 g/mol. The molecule has 2 heterocycles. The first-order valence-electron chi connectivity index (χ1n) is 8.02. The van der Waals surface area contributed by atoms with Crippen molar-refractivity contribution in [3.8, 4) is 11.6 Å². The lowest BCUT2D eigenvalue weighted by Crippen LogP contribution is -2.19. The molecular weight excluding hydrogens is 416 g/mol. The number of rotatable bonds is 5. The van der Waals surface area contributed by atoms with Crippen LogP contribution in [0.1, 0.15) is 12.5 Å². The van der Waals surface area contributed by atoms with Crippen LogP contribution >= 0.6 is 15.9 Å². The van der Waals surface area contributed by atoms with Crippen LogP contribution in [0.3, 0.4) is 0 Å². The highest BCUT2D eigenvalue weighted by Crippen LogP contribution is 2.21. The summed E-state index contributed by atoms with van der Waals surface area (Å²) in [6.45, 7) is 1.78. The maximum absolute atomic E-state index is 12.7. The van der Waals surface area contributed by atoms with Crippen molar-refractivity contribution in [2.24, 2.45) is 0 Å². The van der Waals surface area contributed by atoms with Crippen LogP contribution in [0.25, 0.3) is 11.7 Å². The van der Waals surface area contributed by atoms with Crippen molar-refractivity contribution in [2.75, 3.05) is 6.61 Å². The molecule has 138 valence electrons. The van der Waals surface area contributed by atoms with Gasteiger partial charge in [-0.3, -0.25) is 9.20 Å². The number of hydrogen-bond donors (Lipinski definition) is 1. The fourth-order valence-electron chi connectivity index (χ4n) is 2.31. The van der Waals surface area contributed by atoms with E-state index in [0.717, 1.165) is 10.5 Å². The Morgan fingerprint density at radius 1 is 1.26 bits per heavy atom. The SMILES string of the molecule is CCOC(=O)C(=Cc1c(O)nc2ccccn2c1=O)Oc1ccc(Br)cc1. The third kappa shape index (κ3) is 4.17. The Morgan fingerprint density at radius 3 is 2.70 bits per heavy atom. The Hall–Kier alpha value is -3.13. The zero-order valence-electron chi connectivity index (χ0n) is 14.3. The average Bonchev–Trinajstić information content (AvgIpc) is 2.66. The highest BCUT2D eigenvalue weighted by Gasteiger charge is 2.18. The summed E-state index contributed by atoms with van der Waals surface area (Å²) in [6, 6.07) is 11.7. The molecule has 0 aliphatic carbocycles. The van der Waals surface area contributed by atoms with E-state index in [4.69, 9.17) is 9.47 Å². The van der Waals surface area contributed by atoms with Crippen LogP contribution in [0.5, 0.6) is 11.6 Å². The van der Waals surface area contributed by atoms with Crippen LogP contribution in [-0.2, 0) is 9.53 Å². The summed E-state index contributed by atoms with van der Waals surface area (Å²) in [5.74, 6) is -1.15. The minimum absolute atomic E-state index is 0.126. The molecule has 0 spiro atoms. The smallest absolute Gasteiger partial charge is 0.374 e. The van der Waals surface area contributed by atoms with Crippen molar-refractivity contribution >= 4 is 33.6 Å². The van der Waals surface area contributed by atoms with Crippen molar-refractivity contribution < 1.29 is 19.4 Å². The van der Waals surface area contributed by atoms with Crippen LogP contribution in [0, 0.1) is 0 Å². The number of pyridine rings is 1. The molecule has 0 unspecified atom stereocenters. The highest BCUT2D eigenvalue weighted by atomic mass is 79.9. The lowest BCUT2D eigenvalue weighted by molar-refractivity contribution is -0.140. The van der Waals surface area contributed by atoms with Gasteiger partial charge in [-0.15, -0.1) is 0 Å². The second kappa shape index (κ2) is 8.05. The van der Waals surface area contributed by atoms with Gasteiger partial charge in [0.1, 0.15) is 17.0 Å². The second-order valence-corrected chi connectivity index (χ2v) is 6.28. The molecule has 0 saturated heterocycles. The highest BCUT2D eigenvalue weighted by molar-refractivity contribution is 9.10. The molecule has 0 aliphatic rings. The monoisotopic (exact) mass is 430 g/mol. The van der Waals surface area contributed by atoms with E-state index >= 15 is 0 Å². The topological polar surface area (TPSA) is 90.1 Å². The third-order valence-corrected chi connectivity index (χ3v) is 4.07. The lowest BCUT2D eigenvalue weighted by atomic mass is 10.2. The largest absolute Gasteiger partial charge is 0.493 e. The Morgan fingerprint density at radius 2 is 2.00 bits per heavy atom. The number of halogens is 1. The number of aromatic nitrogens is 2. The van der Waals surface area contributed by atoms with Crippen LogP contribution in [0.15, 0.2) is 63.7 Å². The first kappa shape index (κ1) is 18.7. The van der Waals surface area contributed by atoms with Gasteiger partial charge in [-0.2, -0.15) is 4.98 Å². The van der Waals surface area contributed by atoms with Crippen molar-refractivity contribution in [3.63, 3.8) is 0 Å². The van der Waals surface area contributed by atoms with Gasteiger partial charge in [0.15, 0.2) is 0 Å². The van der Waals surface area contributed by atoms with Gasteiger partial charge < -0.3 is 14.6 Å². The molecule has 0 radical (unpaired) electrons. The van der Waals surface area contributed by atoms with Crippen molar-refractivity contribution in [1.29, 1.82) is 0 Å². The van der Waals surface area contributed by atoms with E-state index in [0.29, 0.717) is 5.75 Å². The fraction of sp³-hybridized carbons (Fsp3) is 0.105. The van der Waals surface area contributed by atoms with Crippen molar-refractivity contribution in [1.82, 2.24) is 9.38 Å². The summed E-state index contributed by atoms with van der Waals surface area (Å²) in [5.41, 5.74) is -0.443. The third-order valence-electron chi connectivity index (χ3n) is 3.54. The molecule has 2 aromatic heterocycles. The molecule has 0 atom stereocenters. The molecule has 0 amide bonds. The molecule has 3 rings (SSSR count). The van der Waals surface area contributed by atoms with E-state index in [1.807, 2.05) is 0 Å². The molecule has 0 fully saturated rings. The number of aromatic hydroxyl groups is 1. The Bertz CT molecular complexity index is 1070. The van der Waals surface area contributed by atoms with Crippen LogP contribution in [-0.4, -0.2) is 27.1 Å². The Labute approximate surface area is 162 Å². The predicted molar refractivity (Wildman–Crippen MR) is 103 cm³/mol. The number of esters is 1. The van der Waals surface area contributed by atoms with Crippen LogP contribution in [0.4, 0.5) is 0 Å². The van der Waals surface area contributed by atoms with Gasteiger partial charge in [0.25, 0.3) is 5.56 Å². The summed E-state index contributed by atoms with van der Waals surface area (Å²) in [6.07, 6.45) is 2.64. The summed E-state index contributed by atoms with van der Waals surface area (Å²) in [4.78, 5) is 28.9. The van der Waals surface area contributed by atoms with Gasteiger partial charge in [-0.25, -0.2) is 4.79 Å². The Balaban J connectivity index is 2.10. The minimum Gasteiger partial charge on any atom is -0.493 e. The summed E-state index contributed by atoms with van der Waals surface area (Å²) >= 11 is 3.31. The van der Waals surface area contributed by atoms with Crippen LogP contribution < -0.4 is 10.3 Å². The van der Waals surface area contributed by atoms with Crippen LogP contribution in [0.2, 0.25) is 0 Å². The summed E-state index contributed by atoms with van der Waals surface area (Å²) in [5, 5.41) is 10.2. The molecule has 0 bridgehead atoms. The first-order chi connectivity index (χ1) is 13.0. The molecular formula is C19H15BrN2O5. The molecule has 27 heavy (non-hydrogen) atoms. The molecule has 7 nitrogen and oxygen atoms in total. The van der Waals surface area contributed by atoms with E-state index < -0.39 is 17.4 Å². The van der Waals surface area contributed by atoms with Gasteiger partial charge in [0.05, 0.1) is 6.61 Å². The lowest BCUT2D eigenvalue weighted by Gasteiger charge is -2.10. The standard InChI is InChI=1S/C19H15BrN2O5/c1-2-26-19(25)15(27-13-8-6-12(20)7-9-13)11-14-17(23)21-16-5-3-4-10-22(16)18(14)24/h3-11,23H,2H2,1H3. The predicted octanol–water partition coefficient (Wildman–Crippen LogP) is 3.15. The molecule has 1 aromatic carbocycles. The normalized spacial score (nSPS) is 11.4. The number of fused-ring (bicyclic) bond motifs is 1. The minimum atomic E-state index is -0.766. The van der Waals surface area contributed by atoms with Gasteiger partial charge in [-0.05, 0) is 43.3 Å². The quantitative estimate of drug-likeness (QED) is 0.379. The molecule has 1 N–H and O–H groups in total. The van der Waals surface area contributed by atoms with E-state index in [1.165, 1.54) is 10.6 Å². The number of ether oxygens (including phenoxy) is 2. The van der Waals surface area contributed by atoms with Crippen molar-refractivity contribution in [3.05, 3.63) is 74.8 Å². The van der Waals surface area contributed by atoms with E-state index in [2.05, 4.69) is 20.9 Å². The number of benzene rings is 1. The van der Waals surface area contributed by atoms with Gasteiger partial charge >= 0.3 is 5.97 Å². The Kier molecular flexibility index (Phi) is 5.56. The number of hydrogen-bond acceptors (Lipinski definition) is 6. The number of nitrogens with zero attached hydrogens (tertiary/aromatic N) is 2. The maximum atomic E-state index is 12.7. The number of carbonyl (C=O) groups is 1. The molecule has 8 heteroatoms. The van der Waals surface area contributed by atoms with E-state index in [-0.39, 0.29) is 23.6 Å². The molecule has 0 saturated carbocycles. The summed E-state index contributed by atoms with van der Waals surface area (Å²) < 4.78 is 12.7. The zero-order chi connectivity index (χ0) is 19.4. The molecule has 3 aromatic rings. The summed E-state index contributed by atoms with van der Waals surface area (Å²) in [7, 11) is 0. The zero-order valence-corrected chi connectivity index (χ0v) is 15.8. The van der Waals surface area contributed by atoms with Crippen molar-refractivity contribution in [2.45, 2.75) is 6.92 Å². The number of carbonyl (C=O) groups excluding carboxylic acids is 1. The van der Waals surface area contributed by atoms with Gasteiger partial charge in [0.2, 0.25) is 11.6 Å². The first-order valence-corrected chi connectivity index (χ1v) is 8.81.